The van der Waals surface area contributed by atoms with Gasteiger partial charge in [0, 0.05) is 16.7 Å². The third-order valence-electron chi connectivity index (χ3n) is 4.39. The van der Waals surface area contributed by atoms with Crippen LogP contribution >= 0.6 is 0 Å². The van der Waals surface area contributed by atoms with Crippen LogP contribution in [0.1, 0.15) is 26.3 Å². The average Bonchev–Trinajstić information content (AvgIpc) is 2.65. The second kappa shape index (κ2) is 5.87. The topological polar surface area (TPSA) is 57.2 Å². The van der Waals surface area contributed by atoms with Crippen LogP contribution in [-0.2, 0) is 0 Å². The van der Waals surface area contributed by atoms with Gasteiger partial charge in [-0.1, -0.05) is 72.8 Å². The molecular weight excluding hydrogens is 312 g/mol. The molecule has 0 N–H and O–H groups in total. The van der Waals surface area contributed by atoms with Crippen molar-refractivity contribution in [2.45, 2.75) is 0 Å². The van der Waals surface area contributed by atoms with Crippen molar-refractivity contribution in [1.29, 1.82) is 0 Å². The molecule has 4 aromatic carbocycles. The van der Waals surface area contributed by atoms with Gasteiger partial charge in [-0.25, -0.2) is 0 Å². The van der Waals surface area contributed by atoms with E-state index >= 15 is 0 Å². The zero-order valence-corrected chi connectivity index (χ0v) is 13.2. The standard InChI is InChI=1S/C22H14O3/c23-21(18-11-5-6-12-19(18)22(24)25)20-16-9-3-1-7-14(16)13-15-8-2-4-10-17(15)20/h1-13H,(H,24,25)/p-1. The van der Waals surface area contributed by atoms with Crippen molar-refractivity contribution >= 4 is 33.3 Å². The van der Waals surface area contributed by atoms with Crippen LogP contribution < -0.4 is 5.11 Å². The molecule has 25 heavy (non-hydrogen) atoms. The largest absolute Gasteiger partial charge is 0.545 e. The van der Waals surface area contributed by atoms with Crippen molar-refractivity contribution in [2.75, 3.05) is 0 Å². The van der Waals surface area contributed by atoms with E-state index < -0.39 is 5.97 Å². The smallest absolute Gasteiger partial charge is 0.194 e. The first kappa shape index (κ1) is 15.1. The Hall–Kier alpha value is -3.46. The minimum absolute atomic E-state index is 0.0930. The maximum atomic E-state index is 13.3. The molecule has 3 heteroatoms. The van der Waals surface area contributed by atoms with E-state index in [2.05, 4.69) is 0 Å². The van der Waals surface area contributed by atoms with Crippen LogP contribution in [0.5, 0.6) is 0 Å². The van der Waals surface area contributed by atoms with Gasteiger partial charge >= 0.3 is 0 Å². The van der Waals surface area contributed by atoms with E-state index in [4.69, 9.17) is 0 Å². The van der Waals surface area contributed by atoms with Gasteiger partial charge in [0.1, 0.15) is 0 Å². The molecule has 0 unspecified atom stereocenters. The predicted molar refractivity (Wildman–Crippen MR) is 95.7 cm³/mol. The van der Waals surface area contributed by atoms with Crippen molar-refractivity contribution < 1.29 is 14.7 Å². The molecule has 0 aromatic heterocycles. The van der Waals surface area contributed by atoms with E-state index in [1.807, 2.05) is 54.6 Å². The monoisotopic (exact) mass is 325 g/mol. The van der Waals surface area contributed by atoms with Crippen LogP contribution in [0.15, 0.2) is 78.9 Å². The molecule has 0 aliphatic carbocycles. The highest BCUT2D eigenvalue weighted by molar-refractivity contribution is 6.26. The van der Waals surface area contributed by atoms with E-state index in [0.29, 0.717) is 5.56 Å². The number of carbonyl (C=O) groups is 2. The predicted octanol–water partition coefficient (Wildman–Crippen LogP) is 3.59. The molecule has 0 bridgehead atoms. The lowest BCUT2D eigenvalue weighted by atomic mass is 9.90. The van der Waals surface area contributed by atoms with Gasteiger partial charge in [0.15, 0.2) is 5.78 Å². The first-order valence-corrected chi connectivity index (χ1v) is 7.92. The summed E-state index contributed by atoms with van der Waals surface area (Å²) in [6.07, 6.45) is 0. The highest BCUT2D eigenvalue weighted by Gasteiger charge is 2.19. The Morgan fingerprint density at radius 3 is 1.68 bits per heavy atom. The summed E-state index contributed by atoms with van der Waals surface area (Å²) in [5.74, 6) is -1.67. The zero-order valence-electron chi connectivity index (χ0n) is 13.2. The summed E-state index contributed by atoms with van der Waals surface area (Å²) in [6, 6.07) is 23.5. The van der Waals surface area contributed by atoms with Gasteiger partial charge in [0.2, 0.25) is 0 Å². The van der Waals surface area contributed by atoms with Gasteiger partial charge < -0.3 is 9.90 Å². The van der Waals surface area contributed by atoms with E-state index in [0.717, 1.165) is 21.5 Å². The summed E-state index contributed by atoms with van der Waals surface area (Å²) in [6.45, 7) is 0. The Labute approximate surface area is 144 Å². The normalized spacial score (nSPS) is 10.9. The highest BCUT2D eigenvalue weighted by Crippen LogP contribution is 2.30. The Kier molecular flexibility index (Phi) is 3.55. The van der Waals surface area contributed by atoms with Crippen LogP contribution in [0.3, 0.4) is 0 Å². The minimum Gasteiger partial charge on any atom is -0.545 e. The van der Waals surface area contributed by atoms with Crippen LogP contribution in [0.4, 0.5) is 0 Å². The lowest BCUT2D eigenvalue weighted by Crippen LogP contribution is -2.25. The average molecular weight is 325 g/mol. The molecule has 0 aliphatic rings. The van der Waals surface area contributed by atoms with Gasteiger partial charge in [-0.3, -0.25) is 4.79 Å². The van der Waals surface area contributed by atoms with Gasteiger partial charge in [-0.2, -0.15) is 0 Å². The van der Waals surface area contributed by atoms with Gasteiger partial charge in [-0.05, 0) is 27.6 Å². The summed E-state index contributed by atoms with van der Waals surface area (Å²) in [4.78, 5) is 24.7. The molecule has 0 heterocycles. The summed E-state index contributed by atoms with van der Waals surface area (Å²) >= 11 is 0. The fraction of sp³-hybridized carbons (Fsp3) is 0. The Balaban J connectivity index is 2.09. The number of hydrogen-bond donors (Lipinski definition) is 0. The molecule has 0 aliphatic heterocycles. The van der Waals surface area contributed by atoms with Crippen molar-refractivity contribution in [3.63, 3.8) is 0 Å². The Morgan fingerprint density at radius 1 is 0.640 bits per heavy atom. The number of aromatic carboxylic acids is 1. The first-order chi connectivity index (χ1) is 12.2. The number of hydrogen-bond acceptors (Lipinski definition) is 3. The van der Waals surface area contributed by atoms with E-state index in [1.165, 1.54) is 12.1 Å². The number of carboxylic acids is 1. The van der Waals surface area contributed by atoms with Crippen molar-refractivity contribution in [3.05, 3.63) is 95.6 Å². The number of carboxylic acid groups (broad SMARTS) is 1. The molecular formula is C22H13O3-. The number of ketones is 1. The molecule has 0 amide bonds. The van der Waals surface area contributed by atoms with Crippen LogP contribution in [0.2, 0.25) is 0 Å². The zero-order chi connectivity index (χ0) is 17.4. The number of fused-ring (bicyclic) bond motifs is 2. The van der Waals surface area contributed by atoms with Crippen molar-refractivity contribution in [2.24, 2.45) is 0 Å². The lowest BCUT2D eigenvalue weighted by Gasteiger charge is -2.13. The van der Waals surface area contributed by atoms with Gasteiger partial charge in [0.25, 0.3) is 0 Å². The molecule has 0 spiro atoms. The fourth-order valence-corrected chi connectivity index (χ4v) is 3.25. The number of benzene rings is 4. The lowest BCUT2D eigenvalue weighted by molar-refractivity contribution is -0.255. The van der Waals surface area contributed by atoms with E-state index in [9.17, 15) is 14.7 Å². The quantitative estimate of drug-likeness (QED) is 0.427. The van der Waals surface area contributed by atoms with Crippen LogP contribution in [0, 0.1) is 0 Å². The molecule has 4 aromatic rings. The maximum absolute atomic E-state index is 13.3. The summed E-state index contributed by atoms with van der Waals surface area (Å²) in [7, 11) is 0. The van der Waals surface area contributed by atoms with Crippen LogP contribution in [0.25, 0.3) is 21.5 Å². The Morgan fingerprint density at radius 2 is 1.12 bits per heavy atom. The summed E-state index contributed by atoms with van der Waals surface area (Å²) in [5.41, 5.74) is 0.566. The molecule has 0 saturated heterocycles. The SMILES string of the molecule is O=C([O-])c1ccccc1C(=O)c1c2ccccc2cc2ccccc12. The molecule has 0 radical (unpaired) electrons. The summed E-state index contributed by atoms with van der Waals surface area (Å²) in [5, 5.41) is 14.9. The minimum atomic E-state index is -1.35. The molecule has 3 nitrogen and oxygen atoms in total. The third kappa shape index (κ3) is 2.46. The second-order valence-electron chi connectivity index (χ2n) is 5.86. The molecule has 120 valence electrons. The molecule has 0 fully saturated rings. The van der Waals surface area contributed by atoms with Crippen LogP contribution in [-0.4, -0.2) is 11.8 Å². The van der Waals surface area contributed by atoms with Gasteiger partial charge in [0.05, 0.1) is 5.97 Å². The van der Waals surface area contributed by atoms with Crippen molar-refractivity contribution in [1.82, 2.24) is 0 Å². The highest BCUT2D eigenvalue weighted by atomic mass is 16.4. The molecule has 0 saturated carbocycles. The van der Waals surface area contributed by atoms with Crippen molar-refractivity contribution in [3.8, 4) is 0 Å². The number of rotatable bonds is 3. The van der Waals surface area contributed by atoms with E-state index in [-0.39, 0.29) is 16.9 Å². The second-order valence-corrected chi connectivity index (χ2v) is 5.86. The molecule has 0 atom stereocenters. The molecule has 4 rings (SSSR count). The van der Waals surface area contributed by atoms with Gasteiger partial charge in [-0.15, -0.1) is 0 Å². The third-order valence-corrected chi connectivity index (χ3v) is 4.39. The fourth-order valence-electron chi connectivity index (χ4n) is 3.25. The van der Waals surface area contributed by atoms with E-state index in [1.54, 1.807) is 12.1 Å². The summed E-state index contributed by atoms with van der Waals surface area (Å²) < 4.78 is 0. The Bertz CT molecular complexity index is 1090. The number of carbonyl (C=O) groups excluding carboxylic acids is 2. The first-order valence-electron chi connectivity index (χ1n) is 7.92. The maximum Gasteiger partial charge on any atom is 0.194 e.